The molecule has 0 aliphatic heterocycles. The Morgan fingerprint density at radius 3 is 2.71 bits per heavy atom. The third-order valence-electron chi connectivity index (χ3n) is 3.09. The molecule has 4 heteroatoms. The molecule has 1 aromatic carbocycles. The molecule has 3 nitrogen and oxygen atoms in total. The predicted molar refractivity (Wildman–Crippen MR) is 88.2 cm³/mol. The molecule has 0 radical (unpaired) electrons. The van der Waals surface area contributed by atoms with E-state index in [2.05, 4.69) is 36.7 Å². The minimum Gasteiger partial charge on any atom is -0.493 e. The maximum atomic E-state index is 6.01. The van der Waals surface area contributed by atoms with Gasteiger partial charge in [0.2, 0.25) is 0 Å². The van der Waals surface area contributed by atoms with Crippen molar-refractivity contribution in [3.63, 3.8) is 0 Å². The summed E-state index contributed by atoms with van der Waals surface area (Å²) < 4.78 is 11.4. The Morgan fingerprint density at radius 1 is 1.19 bits per heavy atom. The molecular formula is C17H23NO2S. The van der Waals surface area contributed by atoms with E-state index >= 15 is 0 Å². The van der Waals surface area contributed by atoms with Crippen molar-refractivity contribution < 1.29 is 9.47 Å². The van der Waals surface area contributed by atoms with E-state index in [1.165, 1.54) is 4.88 Å². The van der Waals surface area contributed by atoms with Gasteiger partial charge in [0.05, 0.1) is 7.11 Å². The van der Waals surface area contributed by atoms with Gasteiger partial charge in [0, 0.05) is 17.0 Å². The molecule has 0 fully saturated rings. The van der Waals surface area contributed by atoms with Crippen molar-refractivity contribution in [2.75, 3.05) is 13.7 Å². The van der Waals surface area contributed by atoms with E-state index in [0.29, 0.717) is 12.5 Å². The summed E-state index contributed by atoms with van der Waals surface area (Å²) >= 11 is 1.70. The van der Waals surface area contributed by atoms with Crippen LogP contribution in [0.25, 0.3) is 0 Å². The summed E-state index contributed by atoms with van der Waals surface area (Å²) in [6.07, 6.45) is 0. The van der Waals surface area contributed by atoms with Gasteiger partial charge in [-0.2, -0.15) is 0 Å². The minimum absolute atomic E-state index is 0.579. The van der Waals surface area contributed by atoms with Crippen LogP contribution in [0, 0.1) is 5.92 Å². The van der Waals surface area contributed by atoms with Crippen molar-refractivity contribution >= 4 is 11.3 Å². The summed E-state index contributed by atoms with van der Waals surface area (Å²) in [7, 11) is 1.68. The molecule has 0 unspecified atom stereocenters. The van der Waals surface area contributed by atoms with Gasteiger partial charge in [-0.15, -0.1) is 11.3 Å². The van der Waals surface area contributed by atoms with Crippen molar-refractivity contribution in [2.24, 2.45) is 5.92 Å². The summed E-state index contributed by atoms with van der Waals surface area (Å²) in [6, 6.07) is 10.1. The molecule has 0 atom stereocenters. The summed E-state index contributed by atoms with van der Waals surface area (Å²) in [5.41, 5.74) is 1.13. The number of ether oxygens (including phenoxy) is 2. The largest absolute Gasteiger partial charge is 0.493 e. The fraction of sp³-hybridized carbons (Fsp3) is 0.412. The number of hydrogen-bond acceptors (Lipinski definition) is 4. The molecule has 0 aliphatic rings. The van der Waals surface area contributed by atoms with Crippen LogP contribution >= 0.6 is 11.3 Å². The molecule has 0 saturated heterocycles. The molecule has 2 aromatic rings. The zero-order chi connectivity index (χ0) is 15.1. The Bertz CT molecular complexity index is 538. The molecule has 0 spiro atoms. The highest BCUT2D eigenvalue weighted by Gasteiger charge is 2.11. The lowest BCUT2D eigenvalue weighted by Gasteiger charge is -2.15. The molecule has 0 bridgehead atoms. The molecule has 114 valence electrons. The van der Waals surface area contributed by atoms with Gasteiger partial charge in [-0.3, -0.25) is 0 Å². The number of rotatable bonds is 8. The van der Waals surface area contributed by atoms with Crippen LogP contribution in [0.2, 0.25) is 0 Å². The lowest BCUT2D eigenvalue weighted by molar-refractivity contribution is 0.283. The highest BCUT2D eigenvalue weighted by Crippen LogP contribution is 2.32. The van der Waals surface area contributed by atoms with Crippen LogP contribution in [-0.2, 0) is 13.2 Å². The van der Waals surface area contributed by atoms with E-state index in [1.54, 1.807) is 18.4 Å². The van der Waals surface area contributed by atoms with E-state index in [-0.39, 0.29) is 0 Å². The number of thiophene rings is 1. The highest BCUT2D eigenvalue weighted by molar-refractivity contribution is 7.09. The van der Waals surface area contributed by atoms with E-state index in [4.69, 9.17) is 9.47 Å². The van der Waals surface area contributed by atoms with Crippen LogP contribution in [0.4, 0.5) is 0 Å². The smallest absolute Gasteiger partial charge is 0.166 e. The monoisotopic (exact) mass is 305 g/mol. The third-order valence-corrected chi connectivity index (χ3v) is 3.94. The first kappa shape index (κ1) is 15.9. The van der Waals surface area contributed by atoms with E-state index < -0.39 is 0 Å². The summed E-state index contributed by atoms with van der Waals surface area (Å²) in [6.45, 7) is 6.76. The van der Waals surface area contributed by atoms with Crippen molar-refractivity contribution in [3.05, 3.63) is 46.2 Å². The fourth-order valence-electron chi connectivity index (χ4n) is 2.06. The summed E-state index contributed by atoms with van der Waals surface area (Å²) in [5.74, 6) is 2.26. The van der Waals surface area contributed by atoms with E-state index in [1.807, 2.05) is 18.2 Å². The van der Waals surface area contributed by atoms with Gasteiger partial charge < -0.3 is 14.8 Å². The molecule has 2 rings (SSSR count). The Hall–Kier alpha value is -1.52. The fourth-order valence-corrected chi connectivity index (χ4v) is 2.67. The van der Waals surface area contributed by atoms with Gasteiger partial charge in [-0.05, 0) is 30.0 Å². The van der Waals surface area contributed by atoms with Gasteiger partial charge in [-0.1, -0.05) is 32.0 Å². The lowest BCUT2D eigenvalue weighted by atomic mass is 10.1. The number of para-hydroxylation sites is 1. The quantitative estimate of drug-likeness (QED) is 0.797. The first-order valence-electron chi connectivity index (χ1n) is 7.22. The minimum atomic E-state index is 0.579. The molecule has 0 aliphatic carbocycles. The Balaban J connectivity index is 2.07. The molecule has 0 saturated carbocycles. The second-order valence-electron chi connectivity index (χ2n) is 5.34. The SMILES string of the molecule is COc1cccc(CNCC(C)C)c1OCc1cccs1. The summed E-state index contributed by atoms with van der Waals surface area (Å²) in [5, 5.41) is 5.51. The standard InChI is InChI=1S/C17H23NO2S/c1-13(2)10-18-11-14-6-4-8-16(19-3)17(14)20-12-15-7-5-9-21-15/h4-9,13,18H,10-12H2,1-3H3. The lowest BCUT2D eigenvalue weighted by Crippen LogP contribution is -2.19. The number of nitrogens with one attached hydrogen (secondary N) is 1. The predicted octanol–water partition coefficient (Wildman–Crippen LogP) is 4.08. The molecule has 1 N–H and O–H groups in total. The van der Waals surface area contributed by atoms with E-state index in [0.717, 1.165) is 30.2 Å². The zero-order valence-electron chi connectivity index (χ0n) is 12.9. The van der Waals surface area contributed by atoms with Crippen LogP contribution in [0.5, 0.6) is 11.5 Å². The van der Waals surface area contributed by atoms with Crippen LogP contribution in [0.15, 0.2) is 35.7 Å². The van der Waals surface area contributed by atoms with Crippen LogP contribution in [0.1, 0.15) is 24.3 Å². The topological polar surface area (TPSA) is 30.5 Å². The van der Waals surface area contributed by atoms with Crippen LogP contribution in [0.3, 0.4) is 0 Å². The zero-order valence-corrected chi connectivity index (χ0v) is 13.7. The molecule has 1 aromatic heterocycles. The van der Waals surface area contributed by atoms with Crippen molar-refractivity contribution in [1.29, 1.82) is 0 Å². The van der Waals surface area contributed by atoms with Crippen molar-refractivity contribution in [3.8, 4) is 11.5 Å². The average Bonchev–Trinajstić information content (AvgIpc) is 2.98. The van der Waals surface area contributed by atoms with Crippen LogP contribution in [-0.4, -0.2) is 13.7 Å². The van der Waals surface area contributed by atoms with Gasteiger partial charge in [0.25, 0.3) is 0 Å². The number of methoxy groups -OCH3 is 1. The maximum Gasteiger partial charge on any atom is 0.166 e. The van der Waals surface area contributed by atoms with Gasteiger partial charge in [0.1, 0.15) is 6.61 Å². The van der Waals surface area contributed by atoms with E-state index in [9.17, 15) is 0 Å². The van der Waals surface area contributed by atoms with Gasteiger partial charge in [-0.25, -0.2) is 0 Å². The van der Waals surface area contributed by atoms with Gasteiger partial charge >= 0.3 is 0 Å². The molecule has 1 heterocycles. The number of benzene rings is 1. The van der Waals surface area contributed by atoms with Crippen molar-refractivity contribution in [1.82, 2.24) is 5.32 Å². The van der Waals surface area contributed by atoms with Crippen LogP contribution < -0.4 is 14.8 Å². The third kappa shape index (κ3) is 4.76. The Kier molecular flexibility index (Phi) is 6.08. The first-order chi connectivity index (χ1) is 10.2. The molecular weight excluding hydrogens is 282 g/mol. The second-order valence-corrected chi connectivity index (χ2v) is 6.37. The number of hydrogen-bond donors (Lipinski definition) is 1. The van der Waals surface area contributed by atoms with Gasteiger partial charge in [0.15, 0.2) is 11.5 Å². The second kappa shape index (κ2) is 8.05. The average molecular weight is 305 g/mol. The first-order valence-corrected chi connectivity index (χ1v) is 8.10. The maximum absolute atomic E-state index is 6.01. The molecule has 0 amide bonds. The summed E-state index contributed by atoms with van der Waals surface area (Å²) in [4.78, 5) is 1.21. The normalized spacial score (nSPS) is 10.9. The Labute approximate surface area is 130 Å². The van der Waals surface area contributed by atoms with Crippen molar-refractivity contribution in [2.45, 2.75) is 27.0 Å². The molecule has 21 heavy (non-hydrogen) atoms. The Morgan fingerprint density at radius 2 is 2.05 bits per heavy atom. The highest BCUT2D eigenvalue weighted by atomic mass is 32.1.